The maximum atomic E-state index is 13.1. The number of oxazole rings is 1. The van der Waals surface area contributed by atoms with Gasteiger partial charge in [-0.1, -0.05) is 5.16 Å². The van der Waals surface area contributed by atoms with E-state index in [-0.39, 0.29) is 30.5 Å². The standard InChI is InChI=1S/C22H23FN4O4/c1-14-19(15(2)31-25-14)12-21(29)27-9-7-26(8-10-27)20(28)11-18-13-30-22(24-18)16-3-5-17(23)6-4-16/h3-6,13H,7-12H2,1-2H3. The summed E-state index contributed by atoms with van der Waals surface area (Å²) in [5.74, 6) is 0.596. The minimum Gasteiger partial charge on any atom is -0.444 e. The van der Waals surface area contributed by atoms with Crippen molar-refractivity contribution in [3.8, 4) is 11.5 Å². The highest BCUT2D eigenvalue weighted by molar-refractivity contribution is 5.81. The summed E-state index contributed by atoms with van der Waals surface area (Å²) in [7, 11) is 0. The summed E-state index contributed by atoms with van der Waals surface area (Å²) in [5.41, 5.74) is 2.71. The Morgan fingerprint density at radius 2 is 1.61 bits per heavy atom. The SMILES string of the molecule is Cc1noc(C)c1CC(=O)N1CCN(C(=O)Cc2coc(-c3ccc(F)cc3)n2)CC1. The first kappa shape index (κ1) is 20.8. The van der Waals surface area contributed by atoms with Gasteiger partial charge in [-0.05, 0) is 38.1 Å². The van der Waals surface area contributed by atoms with Crippen LogP contribution in [0.3, 0.4) is 0 Å². The molecule has 1 aliphatic heterocycles. The van der Waals surface area contributed by atoms with Crippen LogP contribution in [0.2, 0.25) is 0 Å². The molecule has 2 amide bonds. The molecule has 0 atom stereocenters. The number of hydrogen-bond donors (Lipinski definition) is 0. The minimum absolute atomic E-state index is 0.00180. The van der Waals surface area contributed by atoms with Gasteiger partial charge in [-0.2, -0.15) is 0 Å². The van der Waals surface area contributed by atoms with Crippen molar-refractivity contribution in [1.82, 2.24) is 19.9 Å². The van der Waals surface area contributed by atoms with Gasteiger partial charge in [0, 0.05) is 37.3 Å². The van der Waals surface area contributed by atoms with Crippen LogP contribution in [0.15, 0.2) is 39.5 Å². The summed E-state index contributed by atoms with van der Waals surface area (Å²) in [6.45, 7) is 5.51. The zero-order chi connectivity index (χ0) is 22.0. The molecule has 8 nitrogen and oxygen atoms in total. The molecule has 31 heavy (non-hydrogen) atoms. The third-order valence-electron chi connectivity index (χ3n) is 5.47. The van der Waals surface area contributed by atoms with E-state index >= 15 is 0 Å². The zero-order valence-electron chi connectivity index (χ0n) is 17.4. The average molecular weight is 426 g/mol. The third kappa shape index (κ3) is 4.65. The molecule has 9 heteroatoms. The van der Waals surface area contributed by atoms with Crippen molar-refractivity contribution in [1.29, 1.82) is 0 Å². The van der Waals surface area contributed by atoms with Crippen LogP contribution in [0, 0.1) is 19.7 Å². The van der Waals surface area contributed by atoms with Crippen molar-refractivity contribution in [2.45, 2.75) is 26.7 Å². The van der Waals surface area contributed by atoms with Crippen LogP contribution in [0.1, 0.15) is 22.7 Å². The second kappa shape index (κ2) is 8.71. The zero-order valence-corrected chi connectivity index (χ0v) is 17.4. The van der Waals surface area contributed by atoms with E-state index in [2.05, 4.69) is 10.1 Å². The lowest BCUT2D eigenvalue weighted by Crippen LogP contribution is -2.51. The second-order valence-corrected chi connectivity index (χ2v) is 7.57. The van der Waals surface area contributed by atoms with Crippen molar-refractivity contribution in [3.63, 3.8) is 0 Å². The summed E-state index contributed by atoms with van der Waals surface area (Å²) in [6, 6.07) is 5.81. The molecule has 1 saturated heterocycles. The number of nitrogens with zero attached hydrogens (tertiary/aromatic N) is 4. The molecule has 0 spiro atoms. The summed E-state index contributed by atoms with van der Waals surface area (Å²) in [6.07, 6.45) is 1.80. The Balaban J connectivity index is 1.29. The van der Waals surface area contributed by atoms with Crippen molar-refractivity contribution >= 4 is 11.8 Å². The number of hydrogen-bond acceptors (Lipinski definition) is 6. The van der Waals surface area contributed by atoms with E-state index in [9.17, 15) is 14.0 Å². The minimum atomic E-state index is -0.338. The maximum Gasteiger partial charge on any atom is 0.228 e. The van der Waals surface area contributed by atoms with Crippen LogP contribution >= 0.6 is 0 Å². The third-order valence-corrected chi connectivity index (χ3v) is 5.47. The molecule has 2 aromatic heterocycles. The van der Waals surface area contributed by atoms with Gasteiger partial charge in [0.1, 0.15) is 17.8 Å². The maximum absolute atomic E-state index is 13.1. The number of carbonyl (C=O) groups excluding carboxylic acids is 2. The first-order valence-corrected chi connectivity index (χ1v) is 10.1. The predicted octanol–water partition coefficient (Wildman–Crippen LogP) is 2.54. The van der Waals surface area contributed by atoms with Gasteiger partial charge in [0.2, 0.25) is 17.7 Å². The van der Waals surface area contributed by atoms with Crippen LogP contribution in [0.5, 0.6) is 0 Å². The first-order valence-electron chi connectivity index (χ1n) is 10.1. The molecule has 0 N–H and O–H groups in total. The average Bonchev–Trinajstić information content (AvgIpc) is 3.36. The van der Waals surface area contributed by atoms with Crippen molar-refractivity contribution in [3.05, 3.63) is 59.1 Å². The van der Waals surface area contributed by atoms with Crippen LogP contribution in [0.4, 0.5) is 4.39 Å². The summed E-state index contributed by atoms with van der Waals surface area (Å²) >= 11 is 0. The van der Waals surface area contributed by atoms with Gasteiger partial charge in [0.15, 0.2) is 0 Å². The van der Waals surface area contributed by atoms with Gasteiger partial charge in [-0.25, -0.2) is 9.37 Å². The van der Waals surface area contributed by atoms with Gasteiger partial charge in [-0.3, -0.25) is 9.59 Å². The Hall–Kier alpha value is -3.49. The molecule has 0 bridgehead atoms. The number of halogens is 1. The number of benzene rings is 1. The Morgan fingerprint density at radius 3 is 2.19 bits per heavy atom. The van der Waals surface area contributed by atoms with Gasteiger partial charge < -0.3 is 18.7 Å². The molecule has 1 aliphatic rings. The molecule has 0 unspecified atom stereocenters. The number of carbonyl (C=O) groups is 2. The van der Waals surface area contributed by atoms with E-state index in [1.807, 2.05) is 6.92 Å². The van der Waals surface area contributed by atoms with Crippen LogP contribution < -0.4 is 0 Å². The van der Waals surface area contributed by atoms with Gasteiger partial charge in [-0.15, -0.1) is 0 Å². The van der Waals surface area contributed by atoms with Gasteiger partial charge in [0.25, 0.3) is 0 Å². The van der Waals surface area contributed by atoms with E-state index in [1.54, 1.807) is 28.9 Å². The molecule has 1 fully saturated rings. The smallest absolute Gasteiger partial charge is 0.228 e. The second-order valence-electron chi connectivity index (χ2n) is 7.57. The molecule has 162 valence electrons. The monoisotopic (exact) mass is 426 g/mol. The van der Waals surface area contributed by atoms with E-state index in [1.165, 1.54) is 18.4 Å². The number of rotatable bonds is 5. The molecule has 0 aliphatic carbocycles. The molecular formula is C22H23FN4O4. The fourth-order valence-corrected chi connectivity index (χ4v) is 3.60. The Labute approximate surface area is 178 Å². The van der Waals surface area contributed by atoms with Gasteiger partial charge in [0.05, 0.1) is 24.2 Å². The molecule has 0 saturated carbocycles. The van der Waals surface area contributed by atoms with Crippen molar-refractivity contribution < 1.29 is 22.9 Å². The van der Waals surface area contributed by atoms with Crippen LogP contribution in [0.25, 0.3) is 11.5 Å². The van der Waals surface area contributed by atoms with Crippen molar-refractivity contribution in [2.24, 2.45) is 0 Å². The molecule has 1 aromatic carbocycles. The molecular weight excluding hydrogens is 403 g/mol. The van der Waals surface area contributed by atoms with E-state index in [4.69, 9.17) is 8.94 Å². The van der Waals surface area contributed by atoms with E-state index in [0.29, 0.717) is 49.1 Å². The van der Waals surface area contributed by atoms with Crippen LogP contribution in [-0.4, -0.2) is 57.9 Å². The summed E-state index contributed by atoms with van der Waals surface area (Å²) in [5, 5.41) is 3.89. The van der Waals surface area contributed by atoms with Crippen molar-refractivity contribution in [2.75, 3.05) is 26.2 Å². The Bertz CT molecular complexity index is 1060. The molecule has 3 aromatic rings. The molecule has 3 heterocycles. The highest BCUT2D eigenvalue weighted by Gasteiger charge is 2.26. The summed E-state index contributed by atoms with van der Waals surface area (Å²) < 4.78 is 23.6. The number of amides is 2. The number of aryl methyl sites for hydroxylation is 2. The fraction of sp³-hybridized carbons (Fsp3) is 0.364. The highest BCUT2D eigenvalue weighted by Crippen LogP contribution is 2.20. The Morgan fingerprint density at radius 1 is 1.00 bits per heavy atom. The highest BCUT2D eigenvalue weighted by atomic mass is 19.1. The Kier molecular flexibility index (Phi) is 5.83. The van der Waals surface area contributed by atoms with Crippen LogP contribution in [-0.2, 0) is 22.4 Å². The van der Waals surface area contributed by atoms with Gasteiger partial charge >= 0.3 is 0 Å². The number of piperazine rings is 1. The largest absolute Gasteiger partial charge is 0.444 e. The number of aromatic nitrogens is 2. The fourth-order valence-electron chi connectivity index (χ4n) is 3.60. The molecule has 0 radical (unpaired) electrons. The first-order chi connectivity index (χ1) is 14.9. The van der Waals surface area contributed by atoms with E-state index < -0.39 is 0 Å². The quantitative estimate of drug-likeness (QED) is 0.623. The molecule has 4 rings (SSSR count). The lowest BCUT2D eigenvalue weighted by molar-refractivity contribution is -0.138. The topological polar surface area (TPSA) is 92.7 Å². The lowest BCUT2D eigenvalue weighted by atomic mass is 10.1. The van der Waals surface area contributed by atoms with E-state index in [0.717, 1.165) is 11.3 Å². The normalized spacial score (nSPS) is 14.2. The lowest BCUT2D eigenvalue weighted by Gasteiger charge is -2.34. The predicted molar refractivity (Wildman–Crippen MR) is 108 cm³/mol. The summed E-state index contributed by atoms with van der Waals surface area (Å²) in [4.78, 5) is 33.1.